The SMILES string of the molecule is CC(=O)NCC(=O)NC1CN(C(=O)c2cccn3cncc23)CCC1c1ccccc1. The Balaban J connectivity index is 1.55. The molecule has 2 N–H and O–H groups in total. The van der Waals surface area contributed by atoms with Gasteiger partial charge in [-0.1, -0.05) is 30.3 Å². The molecule has 2 aromatic heterocycles. The Morgan fingerprint density at radius 3 is 2.71 bits per heavy atom. The normalized spacial score (nSPS) is 18.5. The van der Waals surface area contributed by atoms with Crippen molar-refractivity contribution < 1.29 is 14.4 Å². The Bertz CT molecular complexity index is 1090. The van der Waals surface area contributed by atoms with Gasteiger partial charge in [0.1, 0.15) is 0 Å². The van der Waals surface area contributed by atoms with Gasteiger partial charge in [-0.05, 0) is 24.1 Å². The minimum atomic E-state index is -0.270. The van der Waals surface area contributed by atoms with Crippen molar-refractivity contribution in [3.63, 3.8) is 0 Å². The second-order valence-electron chi connectivity index (χ2n) is 7.75. The number of carbonyl (C=O) groups is 3. The van der Waals surface area contributed by atoms with Gasteiger partial charge in [-0.15, -0.1) is 0 Å². The average molecular weight is 419 g/mol. The van der Waals surface area contributed by atoms with Crippen molar-refractivity contribution in [3.8, 4) is 0 Å². The van der Waals surface area contributed by atoms with Crippen LogP contribution < -0.4 is 10.6 Å². The van der Waals surface area contributed by atoms with Crippen molar-refractivity contribution in [2.75, 3.05) is 19.6 Å². The molecular weight excluding hydrogens is 394 g/mol. The van der Waals surface area contributed by atoms with Crippen LogP contribution in [0.2, 0.25) is 0 Å². The first-order valence-corrected chi connectivity index (χ1v) is 10.3. The van der Waals surface area contributed by atoms with E-state index in [9.17, 15) is 14.4 Å². The van der Waals surface area contributed by atoms with E-state index in [-0.39, 0.29) is 36.2 Å². The maximum Gasteiger partial charge on any atom is 0.256 e. The van der Waals surface area contributed by atoms with Crippen molar-refractivity contribution in [2.24, 2.45) is 0 Å². The summed E-state index contributed by atoms with van der Waals surface area (Å²) in [6.45, 7) is 2.26. The Labute approximate surface area is 180 Å². The molecule has 3 heterocycles. The van der Waals surface area contributed by atoms with Crippen LogP contribution in [-0.4, -0.2) is 57.7 Å². The maximum atomic E-state index is 13.3. The molecule has 8 heteroatoms. The first kappa shape index (κ1) is 20.6. The van der Waals surface area contributed by atoms with Gasteiger partial charge in [-0.25, -0.2) is 4.98 Å². The monoisotopic (exact) mass is 419 g/mol. The lowest BCUT2D eigenvalue weighted by Gasteiger charge is -2.39. The molecule has 8 nitrogen and oxygen atoms in total. The van der Waals surface area contributed by atoms with E-state index >= 15 is 0 Å². The number of hydrogen-bond donors (Lipinski definition) is 2. The van der Waals surface area contributed by atoms with Crippen LogP contribution in [0.15, 0.2) is 61.2 Å². The zero-order valence-corrected chi connectivity index (χ0v) is 17.3. The molecule has 1 saturated heterocycles. The number of aromatic nitrogens is 2. The van der Waals surface area contributed by atoms with Crippen LogP contribution in [-0.2, 0) is 9.59 Å². The summed E-state index contributed by atoms with van der Waals surface area (Å²) in [5.41, 5.74) is 2.46. The number of amides is 3. The minimum absolute atomic E-state index is 0.0808. The van der Waals surface area contributed by atoms with Gasteiger partial charge in [0.2, 0.25) is 11.8 Å². The third-order valence-electron chi connectivity index (χ3n) is 5.65. The van der Waals surface area contributed by atoms with Crippen molar-refractivity contribution in [1.29, 1.82) is 0 Å². The molecule has 0 saturated carbocycles. The molecule has 0 spiro atoms. The van der Waals surface area contributed by atoms with Crippen molar-refractivity contribution in [3.05, 3.63) is 72.3 Å². The highest BCUT2D eigenvalue weighted by molar-refractivity contribution is 6.00. The number of benzene rings is 1. The molecule has 3 amide bonds. The third-order valence-corrected chi connectivity index (χ3v) is 5.65. The maximum absolute atomic E-state index is 13.3. The summed E-state index contributed by atoms with van der Waals surface area (Å²) in [4.78, 5) is 42.8. The van der Waals surface area contributed by atoms with E-state index < -0.39 is 0 Å². The summed E-state index contributed by atoms with van der Waals surface area (Å²) in [5, 5.41) is 5.55. The fourth-order valence-electron chi connectivity index (χ4n) is 4.15. The van der Waals surface area contributed by atoms with Crippen LogP contribution >= 0.6 is 0 Å². The lowest BCUT2D eigenvalue weighted by molar-refractivity contribution is -0.125. The summed E-state index contributed by atoms with van der Waals surface area (Å²) in [6, 6.07) is 13.4. The Hall–Kier alpha value is -3.68. The van der Waals surface area contributed by atoms with E-state index in [0.29, 0.717) is 18.7 Å². The Morgan fingerprint density at radius 2 is 1.94 bits per heavy atom. The molecule has 1 aliphatic heterocycles. The molecule has 2 unspecified atom stereocenters. The van der Waals surface area contributed by atoms with Crippen LogP contribution in [0.25, 0.3) is 5.52 Å². The molecule has 160 valence electrons. The molecule has 1 aromatic carbocycles. The van der Waals surface area contributed by atoms with Crippen LogP contribution in [0.5, 0.6) is 0 Å². The topological polar surface area (TPSA) is 95.8 Å². The van der Waals surface area contributed by atoms with Gasteiger partial charge < -0.3 is 19.9 Å². The summed E-state index contributed by atoms with van der Waals surface area (Å²) < 4.78 is 1.82. The van der Waals surface area contributed by atoms with Gasteiger partial charge >= 0.3 is 0 Å². The number of pyridine rings is 1. The number of imidazole rings is 1. The van der Waals surface area contributed by atoms with Crippen LogP contribution in [0.4, 0.5) is 0 Å². The van der Waals surface area contributed by atoms with E-state index in [1.54, 1.807) is 23.5 Å². The Kier molecular flexibility index (Phi) is 5.97. The van der Waals surface area contributed by atoms with Crippen molar-refractivity contribution >= 4 is 23.2 Å². The lowest BCUT2D eigenvalue weighted by Crippen LogP contribution is -2.54. The van der Waals surface area contributed by atoms with Gasteiger partial charge in [0.15, 0.2) is 0 Å². The number of likely N-dealkylation sites (tertiary alicyclic amines) is 1. The molecule has 0 radical (unpaired) electrons. The molecule has 0 aliphatic carbocycles. The fraction of sp³-hybridized carbons (Fsp3) is 0.304. The molecule has 0 bridgehead atoms. The number of piperidine rings is 1. The number of nitrogens with zero attached hydrogens (tertiary/aromatic N) is 3. The number of carbonyl (C=O) groups excluding carboxylic acids is 3. The zero-order chi connectivity index (χ0) is 21.8. The molecule has 1 aliphatic rings. The third kappa shape index (κ3) is 4.58. The van der Waals surface area contributed by atoms with Gasteiger partial charge in [-0.3, -0.25) is 14.4 Å². The second kappa shape index (κ2) is 8.99. The highest BCUT2D eigenvalue weighted by Crippen LogP contribution is 2.29. The number of nitrogens with one attached hydrogen (secondary N) is 2. The first-order valence-electron chi connectivity index (χ1n) is 10.3. The highest BCUT2D eigenvalue weighted by Gasteiger charge is 2.34. The van der Waals surface area contributed by atoms with Crippen LogP contribution in [0.3, 0.4) is 0 Å². The van der Waals surface area contributed by atoms with Crippen LogP contribution in [0, 0.1) is 0 Å². The highest BCUT2D eigenvalue weighted by atomic mass is 16.2. The molecule has 31 heavy (non-hydrogen) atoms. The van der Waals surface area contributed by atoms with Gasteiger partial charge in [-0.2, -0.15) is 0 Å². The van der Waals surface area contributed by atoms with E-state index in [2.05, 4.69) is 15.6 Å². The van der Waals surface area contributed by atoms with E-state index in [4.69, 9.17) is 0 Å². The zero-order valence-electron chi connectivity index (χ0n) is 17.3. The van der Waals surface area contributed by atoms with E-state index in [1.165, 1.54) is 6.92 Å². The fourth-order valence-corrected chi connectivity index (χ4v) is 4.15. The standard InChI is InChI=1S/C23H25N5O3/c1-16(29)25-13-22(30)26-20-14-27(11-9-18(20)17-6-3-2-4-7-17)23(31)19-8-5-10-28-15-24-12-21(19)28/h2-8,10,12,15,18,20H,9,11,13-14H2,1H3,(H,25,29)(H,26,30). The molecule has 1 fully saturated rings. The number of hydrogen-bond acceptors (Lipinski definition) is 4. The molecule has 2 atom stereocenters. The van der Waals surface area contributed by atoms with E-state index in [1.807, 2.05) is 47.0 Å². The van der Waals surface area contributed by atoms with E-state index in [0.717, 1.165) is 17.5 Å². The summed E-state index contributed by atoms with van der Waals surface area (Å²) >= 11 is 0. The average Bonchev–Trinajstić information content (AvgIpc) is 3.27. The van der Waals surface area contributed by atoms with Gasteiger partial charge in [0.25, 0.3) is 5.91 Å². The quantitative estimate of drug-likeness (QED) is 0.656. The summed E-state index contributed by atoms with van der Waals surface area (Å²) in [6.07, 6.45) is 5.92. The predicted octanol–water partition coefficient (Wildman–Crippen LogP) is 1.58. The smallest absolute Gasteiger partial charge is 0.256 e. The number of fused-ring (bicyclic) bond motifs is 1. The summed E-state index contributed by atoms with van der Waals surface area (Å²) in [7, 11) is 0. The lowest BCUT2D eigenvalue weighted by atomic mass is 9.85. The molecule has 4 rings (SSSR count). The van der Waals surface area contributed by atoms with Gasteiger partial charge in [0, 0.05) is 32.1 Å². The number of rotatable bonds is 5. The minimum Gasteiger partial charge on any atom is -0.349 e. The second-order valence-corrected chi connectivity index (χ2v) is 7.75. The molecule has 3 aromatic rings. The van der Waals surface area contributed by atoms with Crippen molar-refractivity contribution in [1.82, 2.24) is 24.9 Å². The first-order chi connectivity index (χ1) is 15.0. The predicted molar refractivity (Wildman–Crippen MR) is 116 cm³/mol. The van der Waals surface area contributed by atoms with Crippen molar-refractivity contribution in [2.45, 2.75) is 25.3 Å². The largest absolute Gasteiger partial charge is 0.349 e. The van der Waals surface area contributed by atoms with Gasteiger partial charge in [0.05, 0.1) is 36.2 Å². The Morgan fingerprint density at radius 1 is 1.13 bits per heavy atom. The summed E-state index contributed by atoms with van der Waals surface area (Å²) in [5.74, 6) is -0.534. The van der Waals surface area contributed by atoms with Crippen LogP contribution in [0.1, 0.15) is 35.2 Å². The molecular formula is C23H25N5O3.